The summed E-state index contributed by atoms with van der Waals surface area (Å²) in [4.78, 5) is 4.89. The van der Waals surface area contributed by atoms with Gasteiger partial charge >= 0.3 is 0 Å². The van der Waals surface area contributed by atoms with Crippen LogP contribution in [0.25, 0.3) is 0 Å². The molecular formula is C15H26N4O. The Hall–Kier alpha value is -0.940. The highest BCUT2D eigenvalue weighted by Crippen LogP contribution is 2.39. The number of aromatic nitrogens is 2. The first-order valence-corrected chi connectivity index (χ1v) is 7.97. The predicted octanol–water partition coefficient (Wildman–Crippen LogP) is 2.25. The molecule has 1 saturated heterocycles. The molecule has 1 aliphatic heterocycles. The maximum atomic E-state index is 5.71. The van der Waals surface area contributed by atoms with Crippen LogP contribution in [0.4, 0.5) is 0 Å². The number of rotatable bonds is 7. The lowest BCUT2D eigenvalue weighted by molar-refractivity contribution is 0.207. The smallest absolute Gasteiger partial charge is 0.230 e. The molecule has 0 radical (unpaired) electrons. The van der Waals surface area contributed by atoms with E-state index in [2.05, 4.69) is 34.0 Å². The van der Waals surface area contributed by atoms with Gasteiger partial charge in [0.05, 0.1) is 6.54 Å². The van der Waals surface area contributed by atoms with Crippen LogP contribution in [-0.2, 0) is 6.54 Å². The summed E-state index contributed by atoms with van der Waals surface area (Å²) < 4.78 is 5.71. The summed E-state index contributed by atoms with van der Waals surface area (Å²) in [5.41, 5.74) is 0. The van der Waals surface area contributed by atoms with Gasteiger partial charge in [-0.1, -0.05) is 0 Å². The van der Waals surface area contributed by atoms with Crippen molar-refractivity contribution in [2.45, 2.75) is 57.5 Å². The third-order valence-electron chi connectivity index (χ3n) is 4.51. The van der Waals surface area contributed by atoms with Crippen molar-refractivity contribution in [3.63, 3.8) is 0 Å². The van der Waals surface area contributed by atoms with Crippen molar-refractivity contribution >= 4 is 0 Å². The molecule has 0 unspecified atom stereocenters. The molecular weight excluding hydrogens is 252 g/mol. The Labute approximate surface area is 121 Å². The molecule has 1 aliphatic carbocycles. The first kappa shape index (κ1) is 14.0. The Morgan fingerprint density at radius 2 is 2.05 bits per heavy atom. The van der Waals surface area contributed by atoms with E-state index in [1.54, 1.807) is 0 Å². The Morgan fingerprint density at radius 3 is 2.75 bits per heavy atom. The Morgan fingerprint density at radius 1 is 1.30 bits per heavy atom. The standard InChI is InChI=1S/C15H26N4O/c1-12(19-8-3-4-9-19)7-10-18(2)11-14-16-17-15(20-14)13-5-6-13/h12-13H,3-11H2,1-2H3/t12-/m0/s1. The van der Waals surface area contributed by atoms with E-state index >= 15 is 0 Å². The van der Waals surface area contributed by atoms with Crippen molar-refractivity contribution in [3.05, 3.63) is 11.8 Å². The van der Waals surface area contributed by atoms with E-state index in [9.17, 15) is 0 Å². The number of hydrogen-bond acceptors (Lipinski definition) is 5. The van der Waals surface area contributed by atoms with Gasteiger partial charge in [-0.05, 0) is 65.7 Å². The molecule has 3 rings (SSSR count). The molecule has 2 aliphatic rings. The van der Waals surface area contributed by atoms with Crippen LogP contribution in [0.1, 0.15) is 56.7 Å². The molecule has 0 aromatic carbocycles. The molecule has 0 bridgehead atoms. The van der Waals surface area contributed by atoms with Crippen molar-refractivity contribution in [2.24, 2.45) is 0 Å². The molecule has 5 nitrogen and oxygen atoms in total. The summed E-state index contributed by atoms with van der Waals surface area (Å²) in [5.74, 6) is 2.17. The number of likely N-dealkylation sites (tertiary alicyclic amines) is 1. The van der Waals surface area contributed by atoms with Crippen LogP contribution in [0.5, 0.6) is 0 Å². The zero-order valence-corrected chi connectivity index (χ0v) is 12.7. The number of nitrogens with zero attached hydrogens (tertiary/aromatic N) is 4. The van der Waals surface area contributed by atoms with E-state index in [0.717, 1.165) is 24.9 Å². The second kappa shape index (κ2) is 6.22. The lowest BCUT2D eigenvalue weighted by Crippen LogP contribution is -2.33. The highest BCUT2D eigenvalue weighted by Gasteiger charge is 2.29. The van der Waals surface area contributed by atoms with E-state index in [0.29, 0.717) is 12.0 Å². The van der Waals surface area contributed by atoms with E-state index in [-0.39, 0.29) is 0 Å². The summed E-state index contributed by atoms with van der Waals surface area (Å²) in [5, 5.41) is 8.29. The normalized spacial score (nSPS) is 21.8. The lowest BCUT2D eigenvalue weighted by atomic mass is 10.2. The molecule has 2 heterocycles. The van der Waals surface area contributed by atoms with Gasteiger partial charge in [0, 0.05) is 12.0 Å². The highest BCUT2D eigenvalue weighted by molar-refractivity contribution is 5.00. The summed E-state index contributed by atoms with van der Waals surface area (Å²) in [6, 6.07) is 0.685. The first-order chi connectivity index (χ1) is 9.72. The first-order valence-electron chi connectivity index (χ1n) is 7.97. The predicted molar refractivity (Wildman–Crippen MR) is 77.5 cm³/mol. The minimum atomic E-state index is 0.553. The molecule has 0 spiro atoms. The largest absolute Gasteiger partial charge is 0.424 e. The Balaban J connectivity index is 1.40. The average Bonchev–Trinajstić information content (AvgIpc) is 2.96. The van der Waals surface area contributed by atoms with Gasteiger partial charge in [-0.15, -0.1) is 10.2 Å². The molecule has 1 aromatic rings. The molecule has 0 N–H and O–H groups in total. The molecule has 0 amide bonds. The van der Waals surface area contributed by atoms with E-state index < -0.39 is 0 Å². The van der Waals surface area contributed by atoms with Gasteiger partial charge < -0.3 is 9.32 Å². The molecule has 1 saturated carbocycles. The van der Waals surface area contributed by atoms with Gasteiger partial charge in [-0.25, -0.2) is 0 Å². The second-order valence-corrected chi connectivity index (χ2v) is 6.43. The zero-order valence-electron chi connectivity index (χ0n) is 12.7. The van der Waals surface area contributed by atoms with Crippen LogP contribution in [-0.4, -0.2) is 52.7 Å². The lowest BCUT2D eigenvalue weighted by Gasteiger charge is -2.25. The third kappa shape index (κ3) is 3.58. The van der Waals surface area contributed by atoms with Crippen molar-refractivity contribution in [3.8, 4) is 0 Å². The van der Waals surface area contributed by atoms with Crippen LogP contribution < -0.4 is 0 Å². The zero-order chi connectivity index (χ0) is 13.9. The molecule has 1 aromatic heterocycles. The van der Waals surface area contributed by atoms with Gasteiger partial charge in [-0.2, -0.15) is 0 Å². The average molecular weight is 278 g/mol. The van der Waals surface area contributed by atoms with Crippen molar-refractivity contribution in [1.29, 1.82) is 0 Å². The molecule has 5 heteroatoms. The summed E-state index contributed by atoms with van der Waals surface area (Å²) in [6.07, 6.45) is 6.37. The topological polar surface area (TPSA) is 45.4 Å². The highest BCUT2D eigenvalue weighted by atomic mass is 16.4. The van der Waals surface area contributed by atoms with Gasteiger partial charge in [0.2, 0.25) is 11.8 Å². The second-order valence-electron chi connectivity index (χ2n) is 6.43. The summed E-state index contributed by atoms with van der Waals surface area (Å²) >= 11 is 0. The fourth-order valence-electron chi connectivity index (χ4n) is 2.91. The van der Waals surface area contributed by atoms with Crippen molar-refractivity contribution < 1.29 is 4.42 Å². The van der Waals surface area contributed by atoms with Crippen molar-refractivity contribution in [1.82, 2.24) is 20.0 Å². The number of hydrogen-bond donors (Lipinski definition) is 0. The van der Waals surface area contributed by atoms with Crippen LogP contribution in [0, 0.1) is 0 Å². The van der Waals surface area contributed by atoms with Gasteiger partial charge in [0.25, 0.3) is 0 Å². The fourth-order valence-corrected chi connectivity index (χ4v) is 2.91. The molecule has 1 atom stereocenters. The maximum Gasteiger partial charge on any atom is 0.230 e. The molecule has 112 valence electrons. The quantitative estimate of drug-likeness (QED) is 0.765. The monoisotopic (exact) mass is 278 g/mol. The Kier molecular flexibility index (Phi) is 4.36. The van der Waals surface area contributed by atoms with Crippen molar-refractivity contribution in [2.75, 3.05) is 26.7 Å². The maximum absolute atomic E-state index is 5.71. The minimum Gasteiger partial charge on any atom is -0.424 e. The SMILES string of the molecule is C[C@@H](CCN(C)Cc1nnc(C2CC2)o1)N1CCCC1. The summed E-state index contributed by atoms with van der Waals surface area (Å²) in [6.45, 7) is 6.75. The van der Waals surface area contributed by atoms with Crippen LogP contribution in [0.3, 0.4) is 0 Å². The van der Waals surface area contributed by atoms with Gasteiger partial charge in [0.15, 0.2) is 0 Å². The van der Waals surface area contributed by atoms with Crippen LogP contribution >= 0.6 is 0 Å². The third-order valence-corrected chi connectivity index (χ3v) is 4.51. The Bertz CT molecular complexity index is 423. The van der Waals surface area contributed by atoms with E-state index in [4.69, 9.17) is 4.42 Å². The van der Waals surface area contributed by atoms with Gasteiger partial charge in [0.1, 0.15) is 0 Å². The van der Waals surface area contributed by atoms with Crippen LogP contribution in [0.2, 0.25) is 0 Å². The minimum absolute atomic E-state index is 0.553. The molecule has 2 fully saturated rings. The van der Waals surface area contributed by atoms with E-state index in [1.165, 1.54) is 45.2 Å². The fraction of sp³-hybridized carbons (Fsp3) is 0.867. The molecule has 20 heavy (non-hydrogen) atoms. The van der Waals surface area contributed by atoms with Gasteiger partial charge in [-0.3, -0.25) is 4.90 Å². The van der Waals surface area contributed by atoms with Crippen LogP contribution in [0.15, 0.2) is 4.42 Å². The summed E-state index contributed by atoms with van der Waals surface area (Å²) in [7, 11) is 2.14. The van der Waals surface area contributed by atoms with E-state index in [1.807, 2.05) is 0 Å².